The maximum absolute atomic E-state index is 12.4. The zero-order chi connectivity index (χ0) is 20.2. The Morgan fingerprint density at radius 2 is 1.93 bits per heavy atom. The number of ether oxygens (including phenoxy) is 1. The quantitative estimate of drug-likeness (QED) is 0.630. The predicted molar refractivity (Wildman–Crippen MR) is 105 cm³/mol. The van der Waals surface area contributed by atoms with Crippen LogP contribution < -0.4 is 0 Å². The highest BCUT2D eigenvalue weighted by atomic mass is 35.5. The molecule has 0 bridgehead atoms. The van der Waals surface area contributed by atoms with Crippen LogP contribution in [0.4, 0.5) is 0 Å². The Morgan fingerprint density at radius 1 is 1.22 bits per heavy atom. The third-order valence-corrected chi connectivity index (χ3v) is 6.22. The average Bonchev–Trinajstić information content (AvgIpc) is 3.01. The zero-order valence-corrected chi connectivity index (χ0v) is 17.6. The van der Waals surface area contributed by atoms with Gasteiger partial charge in [0.1, 0.15) is 0 Å². The smallest absolute Gasteiger partial charge is 0.338 e. The number of likely N-dealkylation sites (N-methyl/N-ethyl adjacent to an activating group) is 1. The molecule has 2 rings (SSSR count). The van der Waals surface area contributed by atoms with Crippen molar-refractivity contribution < 1.29 is 22.7 Å². The van der Waals surface area contributed by atoms with Crippen LogP contribution in [0.2, 0.25) is 4.34 Å². The second kappa shape index (κ2) is 8.86. The predicted octanol–water partition coefficient (Wildman–Crippen LogP) is 3.32. The number of hydrogen-bond acceptors (Lipinski definition) is 6. The highest BCUT2D eigenvalue weighted by Crippen LogP contribution is 2.23. The molecule has 0 aliphatic heterocycles. The van der Waals surface area contributed by atoms with Crippen LogP contribution in [0, 0.1) is 6.92 Å². The fourth-order valence-electron chi connectivity index (χ4n) is 2.35. The first-order valence-electron chi connectivity index (χ1n) is 8.11. The monoisotopic (exact) mass is 429 g/mol. The number of amides is 1. The number of carbonyl (C=O) groups is 2. The van der Waals surface area contributed by atoms with E-state index in [9.17, 15) is 18.0 Å². The Balaban J connectivity index is 2.04. The number of nitrogens with zero attached hydrogens (tertiary/aromatic N) is 1. The maximum Gasteiger partial charge on any atom is 0.338 e. The molecule has 27 heavy (non-hydrogen) atoms. The molecular weight excluding hydrogens is 410 g/mol. The molecular formula is C18H20ClNO5S2. The van der Waals surface area contributed by atoms with Crippen LogP contribution in [-0.2, 0) is 25.9 Å². The second-order valence-electron chi connectivity index (χ2n) is 5.94. The molecule has 1 aromatic heterocycles. The first-order valence-corrected chi connectivity index (χ1v) is 11.2. The lowest BCUT2D eigenvalue weighted by Gasteiger charge is -2.20. The molecule has 0 radical (unpaired) electrons. The van der Waals surface area contributed by atoms with Crippen molar-refractivity contribution in [2.24, 2.45) is 0 Å². The van der Waals surface area contributed by atoms with Crippen molar-refractivity contribution in [3.63, 3.8) is 0 Å². The number of hydrogen-bond donors (Lipinski definition) is 0. The highest BCUT2D eigenvalue weighted by Gasteiger charge is 2.19. The Morgan fingerprint density at radius 3 is 2.48 bits per heavy atom. The Hall–Kier alpha value is -1.90. The molecule has 0 saturated heterocycles. The Labute approximate surface area is 167 Å². The fourth-order valence-corrected chi connectivity index (χ4v) is 4.10. The van der Waals surface area contributed by atoms with E-state index in [-0.39, 0.29) is 16.4 Å². The third kappa shape index (κ3) is 5.79. The van der Waals surface area contributed by atoms with Crippen LogP contribution in [0.15, 0.2) is 35.2 Å². The van der Waals surface area contributed by atoms with Crippen LogP contribution in [0.1, 0.15) is 27.7 Å². The molecule has 146 valence electrons. The molecule has 2 aromatic rings. The minimum absolute atomic E-state index is 0.0242. The number of sulfone groups is 1. The van der Waals surface area contributed by atoms with Gasteiger partial charge in [-0.3, -0.25) is 4.79 Å². The van der Waals surface area contributed by atoms with E-state index >= 15 is 0 Å². The molecule has 0 unspecified atom stereocenters. The zero-order valence-electron chi connectivity index (χ0n) is 15.2. The molecule has 0 aliphatic rings. The standard InChI is InChI=1S/C18H20ClNO5S2/c1-4-20(10-13-6-8-16(19)26-13)17(21)11-25-18(22)15-9-14(27(3,23)24)7-5-12(15)2/h5-9H,4,10-11H2,1-3H3. The lowest BCUT2D eigenvalue weighted by molar-refractivity contribution is -0.134. The van der Waals surface area contributed by atoms with E-state index in [4.69, 9.17) is 16.3 Å². The van der Waals surface area contributed by atoms with Crippen LogP contribution in [0.3, 0.4) is 0 Å². The summed E-state index contributed by atoms with van der Waals surface area (Å²) < 4.78 is 29.1. The summed E-state index contributed by atoms with van der Waals surface area (Å²) in [6.07, 6.45) is 1.06. The van der Waals surface area contributed by atoms with Crippen molar-refractivity contribution in [1.29, 1.82) is 0 Å². The van der Waals surface area contributed by atoms with E-state index in [1.54, 1.807) is 17.9 Å². The first-order chi connectivity index (χ1) is 12.6. The lowest BCUT2D eigenvalue weighted by atomic mass is 10.1. The van der Waals surface area contributed by atoms with Gasteiger partial charge in [-0.15, -0.1) is 11.3 Å². The normalized spacial score (nSPS) is 11.3. The summed E-state index contributed by atoms with van der Waals surface area (Å²) in [6, 6.07) is 7.83. The van der Waals surface area contributed by atoms with E-state index < -0.39 is 22.4 Å². The summed E-state index contributed by atoms with van der Waals surface area (Å²) >= 11 is 7.28. The summed E-state index contributed by atoms with van der Waals surface area (Å²) in [4.78, 5) is 27.2. The van der Waals surface area contributed by atoms with Crippen LogP contribution >= 0.6 is 22.9 Å². The van der Waals surface area contributed by atoms with Crippen LogP contribution in [-0.4, -0.2) is 44.6 Å². The van der Waals surface area contributed by atoms with Crippen molar-refractivity contribution in [2.45, 2.75) is 25.3 Å². The van der Waals surface area contributed by atoms with Gasteiger partial charge in [-0.05, 0) is 43.7 Å². The summed E-state index contributed by atoms with van der Waals surface area (Å²) in [5.41, 5.74) is 0.694. The van der Waals surface area contributed by atoms with Gasteiger partial charge in [0.15, 0.2) is 16.4 Å². The maximum atomic E-state index is 12.4. The highest BCUT2D eigenvalue weighted by molar-refractivity contribution is 7.90. The van der Waals surface area contributed by atoms with Crippen LogP contribution in [0.25, 0.3) is 0 Å². The van der Waals surface area contributed by atoms with Gasteiger partial charge in [0.25, 0.3) is 5.91 Å². The number of benzene rings is 1. The molecule has 6 nitrogen and oxygen atoms in total. The van der Waals surface area contributed by atoms with Gasteiger partial charge in [-0.25, -0.2) is 13.2 Å². The van der Waals surface area contributed by atoms with Gasteiger partial charge >= 0.3 is 5.97 Å². The average molecular weight is 430 g/mol. The van der Waals surface area contributed by atoms with Crippen molar-refractivity contribution in [3.8, 4) is 0 Å². The number of aryl methyl sites for hydroxylation is 1. The summed E-state index contributed by atoms with van der Waals surface area (Å²) in [7, 11) is -3.45. The minimum atomic E-state index is -3.45. The summed E-state index contributed by atoms with van der Waals surface area (Å²) in [5, 5.41) is 0. The van der Waals surface area contributed by atoms with E-state index in [0.29, 0.717) is 23.0 Å². The van der Waals surface area contributed by atoms with Gasteiger partial charge in [-0.2, -0.15) is 0 Å². The van der Waals surface area contributed by atoms with Gasteiger partial charge < -0.3 is 9.64 Å². The number of carbonyl (C=O) groups excluding carboxylic acids is 2. The molecule has 0 aliphatic carbocycles. The molecule has 0 N–H and O–H groups in total. The number of esters is 1. The number of halogens is 1. The largest absolute Gasteiger partial charge is 0.452 e. The van der Waals surface area contributed by atoms with Gasteiger partial charge in [0.2, 0.25) is 0 Å². The fraction of sp³-hybridized carbons (Fsp3) is 0.333. The van der Waals surface area contributed by atoms with E-state index in [1.807, 2.05) is 13.0 Å². The minimum Gasteiger partial charge on any atom is -0.452 e. The van der Waals surface area contributed by atoms with Gasteiger partial charge in [0.05, 0.1) is 21.3 Å². The molecule has 1 heterocycles. The number of thiophene rings is 1. The molecule has 0 fully saturated rings. The van der Waals surface area contributed by atoms with E-state index in [1.165, 1.54) is 29.5 Å². The topological polar surface area (TPSA) is 80.8 Å². The molecule has 0 spiro atoms. The number of rotatable bonds is 7. The Bertz CT molecular complexity index is 952. The summed E-state index contributed by atoms with van der Waals surface area (Å²) in [6.45, 7) is 3.91. The molecule has 0 saturated carbocycles. The molecule has 9 heteroatoms. The third-order valence-electron chi connectivity index (χ3n) is 3.89. The lowest BCUT2D eigenvalue weighted by Crippen LogP contribution is -2.34. The van der Waals surface area contributed by atoms with Gasteiger partial charge in [0, 0.05) is 17.7 Å². The SMILES string of the molecule is CCN(Cc1ccc(Cl)s1)C(=O)COC(=O)c1cc(S(C)(=O)=O)ccc1C. The molecule has 1 aromatic carbocycles. The van der Waals surface area contributed by atoms with Crippen molar-refractivity contribution >= 4 is 44.7 Å². The van der Waals surface area contributed by atoms with Crippen molar-refractivity contribution in [2.75, 3.05) is 19.4 Å². The van der Waals surface area contributed by atoms with Crippen LogP contribution in [0.5, 0.6) is 0 Å². The van der Waals surface area contributed by atoms with E-state index in [0.717, 1.165) is 11.1 Å². The first kappa shape index (κ1) is 21.4. The Kier molecular flexibility index (Phi) is 7.02. The van der Waals surface area contributed by atoms with Gasteiger partial charge in [-0.1, -0.05) is 17.7 Å². The van der Waals surface area contributed by atoms with Crippen molar-refractivity contribution in [1.82, 2.24) is 4.90 Å². The van der Waals surface area contributed by atoms with Crippen molar-refractivity contribution in [3.05, 3.63) is 50.7 Å². The molecule has 0 atom stereocenters. The van der Waals surface area contributed by atoms with E-state index in [2.05, 4.69) is 0 Å². The summed E-state index contributed by atoms with van der Waals surface area (Å²) in [5.74, 6) is -1.08. The molecule has 1 amide bonds. The second-order valence-corrected chi connectivity index (χ2v) is 9.75.